The molecule has 1 heterocycles. The maximum absolute atomic E-state index is 11.5. The van der Waals surface area contributed by atoms with Crippen molar-refractivity contribution in [3.05, 3.63) is 22.7 Å². The van der Waals surface area contributed by atoms with E-state index in [1.807, 2.05) is 13.8 Å². The van der Waals surface area contributed by atoms with Crippen LogP contribution in [-0.4, -0.2) is 34.1 Å². The fourth-order valence-corrected chi connectivity index (χ4v) is 1.40. The highest BCUT2D eigenvalue weighted by molar-refractivity contribution is 5.73. The van der Waals surface area contributed by atoms with Gasteiger partial charge in [0.1, 0.15) is 6.54 Å². The summed E-state index contributed by atoms with van der Waals surface area (Å²) in [6, 6.07) is 0. The molecule has 0 spiro atoms. The number of carboxylic acid groups (broad SMARTS) is 1. The summed E-state index contributed by atoms with van der Waals surface area (Å²) in [6.45, 7) is 4.16. The minimum Gasteiger partial charge on any atom is -0.480 e. The van der Waals surface area contributed by atoms with Gasteiger partial charge in [-0.25, -0.2) is 4.98 Å². The molecule has 1 aromatic heterocycles. The van der Waals surface area contributed by atoms with Gasteiger partial charge in [-0.3, -0.25) is 9.59 Å². The monoisotopic (exact) mass is 225 g/mol. The Kier molecular flexibility index (Phi) is 4.04. The number of nitrogens with one attached hydrogen (secondary N) is 1. The van der Waals surface area contributed by atoms with Crippen LogP contribution < -0.4 is 10.5 Å². The van der Waals surface area contributed by atoms with Gasteiger partial charge in [0.2, 0.25) is 0 Å². The first-order chi connectivity index (χ1) is 7.50. The number of rotatable bonds is 5. The van der Waals surface area contributed by atoms with Gasteiger partial charge in [-0.05, 0) is 5.92 Å². The Hall–Kier alpha value is -1.85. The molecular weight excluding hydrogens is 210 g/mol. The molecular formula is C10H15N3O3. The van der Waals surface area contributed by atoms with E-state index >= 15 is 0 Å². The van der Waals surface area contributed by atoms with Crippen molar-refractivity contribution in [1.29, 1.82) is 0 Å². The summed E-state index contributed by atoms with van der Waals surface area (Å²) in [7, 11) is 0. The van der Waals surface area contributed by atoms with Crippen LogP contribution in [-0.2, 0) is 4.79 Å². The normalized spacial score (nSPS) is 10.4. The zero-order valence-corrected chi connectivity index (χ0v) is 9.30. The number of aliphatic carboxylic acids is 1. The minimum atomic E-state index is -0.981. The molecule has 6 nitrogen and oxygen atoms in total. The summed E-state index contributed by atoms with van der Waals surface area (Å²) in [5.41, 5.74) is -0.371. The Morgan fingerprint density at radius 2 is 2.31 bits per heavy atom. The highest BCUT2D eigenvalue weighted by Crippen LogP contribution is 2.06. The lowest BCUT2D eigenvalue weighted by Crippen LogP contribution is -2.37. The van der Waals surface area contributed by atoms with Crippen LogP contribution in [0.5, 0.6) is 0 Å². The van der Waals surface area contributed by atoms with E-state index < -0.39 is 5.97 Å². The van der Waals surface area contributed by atoms with Gasteiger partial charge in [0.05, 0.1) is 0 Å². The Labute approximate surface area is 92.9 Å². The molecule has 0 aromatic carbocycles. The fraction of sp³-hybridized carbons (Fsp3) is 0.500. The standard InChI is InChI=1S/C10H15N3O3/c1-7(2)5-13(6-8(14)15)9-10(16)12-4-3-11-9/h3-4,7H,5-6H2,1-2H3,(H,12,16)(H,14,15). The number of aromatic nitrogens is 2. The van der Waals surface area contributed by atoms with Crippen LogP contribution in [0.3, 0.4) is 0 Å². The predicted molar refractivity (Wildman–Crippen MR) is 59.5 cm³/mol. The van der Waals surface area contributed by atoms with Crippen molar-refractivity contribution >= 4 is 11.8 Å². The van der Waals surface area contributed by atoms with Gasteiger partial charge in [-0.2, -0.15) is 0 Å². The van der Waals surface area contributed by atoms with Gasteiger partial charge in [0, 0.05) is 18.9 Å². The van der Waals surface area contributed by atoms with Crippen LogP contribution in [0.2, 0.25) is 0 Å². The number of carboxylic acids is 1. The van der Waals surface area contributed by atoms with Crippen molar-refractivity contribution in [1.82, 2.24) is 9.97 Å². The molecule has 16 heavy (non-hydrogen) atoms. The predicted octanol–water partition coefficient (Wildman–Crippen LogP) is 0.317. The van der Waals surface area contributed by atoms with Crippen LogP contribution >= 0.6 is 0 Å². The Morgan fingerprint density at radius 3 is 2.81 bits per heavy atom. The molecule has 0 radical (unpaired) electrons. The Balaban J connectivity index is 2.96. The molecule has 0 amide bonds. The summed E-state index contributed by atoms with van der Waals surface area (Å²) in [5.74, 6) is -0.579. The van der Waals surface area contributed by atoms with E-state index in [2.05, 4.69) is 9.97 Å². The topological polar surface area (TPSA) is 86.3 Å². The fourth-order valence-electron chi connectivity index (χ4n) is 1.40. The third-order valence-electron chi connectivity index (χ3n) is 1.90. The third kappa shape index (κ3) is 3.38. The first-order valence-corrected chi connectivity index (χ1v) is 5.01. The summed E-state index contributed by atoms with van der Waals surface area (Å²) in [5, 5.41) is 8.77. The zero-order chi connectivity index (χ0) is 12.1. The highest BCUT2D eigenvalue weighted by Gasteiger charge is 2.16. The van der Waals surface area contributed by atoms with Crippen LogP contribution in [0.4, 0.5) is 5.82 Å². The summed E-state index contributed by atoms with van der Waals surface area (Å²) < 4.78 is 0. The van der Waals surface area contributed by atoms with Gasteiger partial charge in [0.25, 0.3) is 5.56 Å². The van der Waals surface area contributed by atoms with E-state index in [1.165, 1.54) is 17.3 Å². The lowest BCUT2D eigenvalue weighted by Gasteiger charge is -2.22. The van der Waals surface area contributed by atoms with Crippen LogP contribution in [0.1, 0.15) is 13.8 Å². The number of carbonyl (C=O) groups is 1. The second-order valence-electron chi connectivity index (χ2n) is 3.91. The van der Waals surface area contributed by atoms with Crippen molar-refractivity contribution < 1.29 is 9.90 Å². The second kappa shape index (κ2) is 5.29. The molecule has 0 fully saturated rings. The van der Waals surface area contributed by atoms with Gasteiger partial charge < -0.3 is 15.0 Å². The minimum absolute atomic E-state index is 0.151. The van der Waals surface area contributed by atoms with Crippen molar-refractivity contribution in [2.75, 3.05) is 18.0 Å². The number of hydrogen-bond donors (Lipinski definition) is 2. The smallest absolute Gasteiger partial charge is 0.323 e. The van der Waals surface area contributed by atoms with E-state index in [0.717, 1.165) is 0 Å². The Morgan fingerprint density at radius 1 is 1.62 bits per heavy atom. The lowest BCUT2D eigenvalue weighted by molar-refractivity contribution is -0.135. The SMILES string of the molecule is CC(C)CN(CC(=O)O)c1ncc[nH]c1=O. The molecule has 0 aliphatic carbocycles. The molecule has 0 saturated carbocycles. The lowest BCUT2D eigenvalue weighted by atomic mass is 10.2. The van der Waals surface area contributed by atoms with Crippen molar-refractivity contribution in [2.45, 2.75) is 13.8 Å². The molecule has 1 aromatic rings. The van der Waals surface area contributed by atoms with Crippen LogP contribution in [0.25, 0.3) is 0 Å². The number of nitrogens with zero attached hydrogens (tertiary/aromatic N) is 2. The molecule has 88 valence electrons. The van der Waals surface area contributed by atoms with E-state index in [1.54, 1.807) is 0 Å². The van der Waals surface area contributed by atoms with Gasteiger partial charge in [-0.1, -0.05) is 13.8 Å². The molecule has 0 bridgehead atoms. The number of H-pyrrole nitrogens is 1. The van der Waals surface area contributed by atoms with Crippen molar-refractivity contribution in [3.63, 3.8) is 0 Å². The molecule has 6 heteroatoms. The molecule has 0 unspecified atom stereocenters. The number of hydrogen-bond acceptors (Lipinski definition) is 4. The molecule has 0 atom stereocenters. The first kappa shape index (κ1) is 12.2. The van der Waals surface area contributed by atoms with E-state index in [9.17, 15) is 9.59 Å². The van der Waals surface area contributed by atoms with Gasteiger partial charge in [0.15, 0.2) is 5.82 Å². The molecule has 0 aliphatic heterocycles. The van der Waals surface area contributed by atoms with Crippen LogP contribution in [0, 0.1) is 5.92 Å². The quantitative estimate of drug-likeness (QED) is 0.753. The molecule has 1 rings (SSSR count). The third-order valence-corrected chi connectivity index (χ3v) is 1.90. The van der Waals surface area contributed by atoms with Gasteiger partial charge >= 0.3 is 5.97 Å². The van der Waals surface area contributed by atoms with Crippen LogP contribution in [0.15, 0.2) is 17.2 Å². The van der Waals surface area contributed by atoms with E-state index in [0.29, 0.717) is 6.54 Å². The molecule has 2 N–H and O–H groups in total. The van der Waals surface area contributed by atoms with Crippen molar-refractivity contribution in [2.24, 2.45) is 5.92 Å². The van der Waals surface area contributed by atoms with Crippen molar-refractivity contribution in [3.8, 4) is 0 Å². The average molecular weight is 225 g/mol. The molecule has 0 aliphatic rings. The largest absolute Gasteiger partial charge is 0.480 e. The summed E-state index contributed by atoms with van der Waals surface area (Å²) >= 11 is 0. The zero-order valence-electron chi connectivity index (χ0n) is 9.30. The maximum Gasteiger partial charge on any atom is 0.323 e. The highest BCUT2D eigenvalue weighted by atomic mass is 16.4. The number of anilines is 1. The summed E-state index contributed by atoms with van der Waals surface area (Å²) in [4.78, 5) is 30.0. The second-order valence-corrected chi connectivity index (χ2v) is 3.91. The van der Waals surface area contributed by atoms with Gasteiger partial charge in [-0.15, -0.1) is 0 Å². The van der Waals surface area contributed by atoms with E-state index in [-0.39, 0.29) is 23.8 Å². The van der Waals surface area contributed by atoms with E-state index in [4.69, 9.17) is 5.11 Å². The summed E-state index contributed by atoms with van der Waals surface area (Å²) in [6.07, 6.45) is 2.85. The molecule has 0 saturated heterocycles. The average Bonchev–Trinajstić information content (AvgIpc) is 2.15. The number of aromatic amines is 1. The Bertz CT molecular complexity index is 414. The first-order valence-electron chi connectivity index (χ1n) is 5.01. The maximum atomic E-state index is 11.5.